The zero-order chi connectivity index (χ0) is 23.8. The highest BCUT2D eigenvalue weighted by atomic mass is 32.2. The molecule has 2 aromatic rings. The predicted octanol–water partition coefficient (Wildman–Crippen LogP) is 4.19. The Labute approximate surface area is 199 Å². The molecule has 0 aromatic heterocycles. The van der Waals surface area contributed by atoms with Gasteiger partial charge in [-0.25, -0.2) is 8.42 Å². The molecule has 180 valence electrons. The van der Waals surface area contributed by atoms with Crippen molar-refractivity contribution in [3.05, 3.63) is 59.2 Å². The summed E-state index contributed by atoms with van der Waals surface area (Å²) in [5.74, 6) is -0.289. The zero-order valence-electron chi connectivity index (χ0n) is 20.1. The van der Waals surface area contributed by atoms with Crippen LogP contribution in [0.1, 0.15) is 48.8 Å². The topological polar surface area (TPSA) is 69.7 Å². The number of anilines is 1. The lowest BCUT2D eigenvalue weighted by atomic mass is 10.1. The van der Waals surface area contributed by atoms with E-state index >= 15 is 0 Å². The third-order valence-electron chi connectivity index (χ3n) is 6.41. The van der Waals surface area contributed by atoms with Crippen LogP contribution in [0, 0.1) is 20.8 Å². The van der Waals surface area contributed by atoms with Crippen LogP contribution < -0.4 is 9.62 Å². The Morgan fingerprint density at radius 3 is 2.30 bits per heavy atom. The van der Waals surface area contributed by atoms with Gasteiger partial charge in [-0.05, 0) is 89.0 Å². The number of hydrogen-bond acceptors (Lipinski definition) is 4. The number of benzene rings is 2. The molecule has 6 nitrogen and oxygen atoms in total. The highest BCUT2D eigenvalue weighted by molar-refractivity contribution is 7.92. The molecule has 0 aliphatic carbocycles. The zero-order valence-corrected chi connectivity index (χ0v) is 21.0. The summed E-state index contributed by atoms with van der Waals surface area (Å²) in [4.78, 5) is 15.5. The van der Waals surface area contributed by atoms with Gasteiger partial charge < -0.3 is 10.2 Å². The largest absolute Gasteiger partial charge is 0.354 e. The van der Waals surface area contributed by atoms with E-state index in [1.807, 2.05) is 32.9 Å². The van der Waals surface area contributed by atoms with Crippen molar-refractivity contribution in [3.63, 3.8) is 0 Å². The van der Waals surface area contributed by atoms with Crippen LogP contribution in [0.3, 0.4) is 0 Å². The van der Waals surface area contributed by atoms with Crippen LogP contribution in [0.25, 0.3) is 0 Å². The molecular formula is C26H37N3O3S. The summed E-state index contributed by atoms with van der Waals surface area (Å²) >= 11 is 0. The maximum atomic E-state index is 13.6. The molecule has 3 rings (SSSR count). The molecule has 0 unspecified atom stereocenters. The second kappa shape index (κ2) is 11.7. The van der Waals surface area contributed by atoms with Gasteiger partial charge in [-0.3, -0.25) is 9.10 Å². The number of nitrogens with one attached hydrogen (secondary N) is 1. The minimum Gasteiger partial charge on any atom is -0.354 e. The summed E-state index contributed by atoms with van der Waals surface area (Å²) in [6.45, 7) is 9.26. The molecular weight excluding hydrogens is 434 g/mol. The first-order chi connectivity index (χ1) is 15.8. The Hall–Kier alpha value is -2.38. The molecule has 0 radical (unpaired) electrons. The monoisotopic (exact) mass is 471 g/mol. The van der Waals surface area contributed by atoms with Gasteiger partial charge in [0.1, 0.15) is 6.54 Å². The van der Waals surface area contributed by atoms with Crippen molar-refractivity contribution in [2.45, 2.75) is 57.8 Å². The first-order valence-corrected chi connectivity index (χ1v) is 13.4. The van der Waals surface area contributed by atoms with Gasteiger partial charge >= 0.3 is 0 Å². The summed E-state index contributed by atoms with van der Waals surface area (Å²) in [6.07, 6.45) is 5.95. The van der Waals surface area contributed by atoms with Crippen LogP contribution in [-0.4, -0.2) is 51.9 Å². The molecule has 0 bridgehead atoms. The van der Waals surface area contributed by atoms with Gasteiger partial charge in [0.2, 0.25) is 5.91 Å². The lowest BCUT2D eigenvalue weighted by Crippen LogP contribution is -2.42. The van der Waals surface area contributed by atoms with Crippen molar-refractivity contribution in [2.75, 3.05) is 37.0 Å². The van der Waals surface area contributed by atoms with E-state index < -0.39 is 10.0 Å². The molecule has 1 saturated heterocycles. The number of likely N-dealkylation sites (tertiary alicyclic amines) is 1. The van der Waals surface area contributed by atoms with Gasteiger partial charge in [0, 0.05) is 6.54 Å². The summed E-state index contributed by atoms with van der Waals surface area (Å²) in [5.41, 5.74) is 3.35. The molecule has 1 heterocycles. The van der Waals surface area contributed by atoms with E-state index in [2.05, 4.69) is 10.2 Å². The Bertz CT molecular complexity index is 1030. The van der Waals surface area contributed by atoms with Crippen LogP contribution in [0.4, 0.5) is 5.69 Å². The number of aryl methyl sites for hydroxylation is 2. The van der Waals surface area contributed by atoms with E-state index in [1.165, 1.54) is 30.0 Å². The SMILES string of the molecule is Cc1ccc(S(=O)(=O)N(CC(=O)NCCCN2CCCCCC2)c2cccc(C)c2C)cc1. The van der Waals surface area contributed by atoms with Crippen molar-refractivity contribution >= 4 is 21.6 Å². The second-order valence-corrected chi connectivity index (χ2v) is 10.9. The van der Waals surface area contributed by atoms with E-state index in [0.29, 0.717) is 12.2 Å². The molecule has 1 aliphatic heterocycles. The van der Waals surface area contributed by atoms with E-state index in [-0.39, 0.29) is 17.3 Å². The van der Waals surface area contributed by atoms with Crippen LogP contribution in [0.15, 0.2) is 47.4 Å². The molecule has 1 N–H and O–H groups in total. The maximum Gasteiger partial charge on any atom is 0.264 e. The predicted molar refractivity (Wildman–Crippen MR) is 134 cm³/mol. The summed E-state index contributed by atoms with van der Waals surface area (Å²) in [6, 6.07) is 12.3. The van der Waals surface area contributed by atoms with Crippen LogP contribution in [0.2, 0.25) is 0 Å². The van der Waals surface area contributed by atoms with E-state index in [9.17, 15) is 13.2 Å². The number of carbonyl (C=O) groups is 1. The summed E-state index contributed by atoms with van der Waals surface area (Å²) in [7, 11) is -3.89. The molecule has 33 heavy (non-hydrogen) atoms. The number of sulfonamides is 1. The molecule has 0 atom stereocenters. The first-order valence-electron chi connectivity index (χ1n) is 11.9. The molecule has 2 aromatic carbocycles. The van der Waals surface area contributed by atoms with Crippen LogP contribution >= 0.6 is 0 Å². The minimum atomic E-state index is -3.89. The van der Waals surface area contributed by atoms with Gasteiger partial charge in [-0.2, -0.15) is 0 Å². The van der Waals surface area contributed by atoms with Crippen molar-refractivity contribution in [1.82, 2.24) is 10.2 Å². The van der Waals surface area contributed by atoms with Gasteiger partial charge in [-0.1, -0.05) is 42.7 Å². The number of nitrogens with zero attached hydrogens (tertiary/aromatic N) is 2. The van der Waals surface area contributed by atoms with Gasteiger partial charge in [0.15, 0.2) is 0 Å². The normalized spacial score (nSPS) is 15.1. The number of hydrogen-bond donors (Lipinski definition) is 1. The standard InChI is InChI=1S/C26H37N3O3S/c1-21-12-14-24(15-13-21)33(31,32)29(25-11-8-10-22(2)23(25)3)20-26(30)27-16-9-19-28-17-6-4-5-7-18-28/h8,10-15H,4-7,9,16-20H2,1-3H3,(H,27,30). The lowest BCUT2D eigenvalue weighted by Gasteiger charge is -2.26. The van der Waals surface area contributed by atoms with Crippen molar-refractivity contribution in [2.24, 2.45) is 0 Å². The van der Waals surface area contributed by atoms with Gasteiger partial charge in [-0.15, -0.1) is 0 Å². The maximum absolute atomic E-state index is 13.6. The molecule has 1 fully saturated rings. The van der Waals surface area contributed by atoms with Crippen LogP contribution in [-0.2, 0) is 14.8 Å². The van der Waals surface area contributed by atoms with Gasteiger partial charge in [0.05, 0.1) is 10.6 Å². The van der Waals surface area contributed by atoms with E-state index in [0.717, 1.165) is 42.7 Å². The quantitative estimate of drug-likeness (QED) is 0.557. The fourth-order valence-electron chi connectivity index (χ4n) is 4.22. The highest BCUT2D eigenvalue weighted by Crippen LogP contribution is 2.28. The Kier molecular flexibility index (Phi) is 8.92. The number of carbonyl (C=O) groups excluding carboxylic acids is 1. The fraction of sp³-hybridized carbons (Fsp3) is 0.500. The molecule has 1 amide bonds. The molecule has 0 spiro atoms. The third-order valence-corrected chi connectivity index (χ3v) is 8.19. The highest BCUT2D eigenvalue weighted by Gasteiger charge is 2.28. The second-order valence-electron chi connectivity index (χ2n) is 9.00. The molecule has 7 heteroatoms. The molecule has 1 aliphatic rings. The van der Waals surface area contributed by atoms with Crippen molar-refractivity contribution < 1.29 is 13.2 Å². The smallest absolute Gasteiger partial charge is 0.264 e. The van der Waals surface area contributed by atoms with Gasteiger partial charge in [0.25, 0.3) is 10.0 Å². The minimum absolute atomic E-state index is 0.183. The summed E-state index contributed by atoms with van der Waals surface area (Å²) in [5, 5.41) is 2.93. The number of amides is 1. The fourth-order valence-corrected chi connectivity index (χ4v) is 5.70. The third kappa shape index (κ3) is 6.81. The number of rotatable bonds is 9. The Morgan fingerprint density at radius 2 is 1.64 bits per heavy atom. The van der Waals surface area contributed by atoms with E-state index in [4.69, 9.17) is 0 Å². The van der Waals surface area contributed by atoms with Crippen LogP contribution in [0.5, 0.6) is 0 Å². The first kappa shape index (κ1) is 25.2. The molecule has 0 saturated carbocycles. The summed E-state index contributed by atoms with van der Waals surface area (Å²) < 4.78 is 28.3. The van der Waals surface area contributed by atoms with E-state index in [1.54, 1.807) is 30.3 Å². The lowest BCUT2D eigenvalue weighted by molar-refractivity contribution is -0.119. The average Bonchev–Trinajstić information content (AvgIpc) is 3.06. The van der Waals surface area contributed by atoms with Crippen molar-refractivity contribution in [3.8, 4) is 0 Å². The average molecular weight is 472 g/mol. The Morgan fingerprint density at radius 1 is 0.970 bits per heavy atom. The van der Waals surface area contributed by atoms with Crippen molar-refractivity contribution in [1.29, 1.82) is 0 Å². The Balaban J connectivity index is 1.71.